The summed E-state index contributed by atoms with van der Waals surface area (Å²) in [7, 11) is 2.03. The zero-order valence-electron chi connectivity index (χ0n) is 11.2. The molecular formula is C13H17IN6. The number of guanidine groups is 1. The van der Waals surface area contributed by atoms with Gasteiger partial charge in [-0.2, -0.15) is 0 Å². The van der Waals surface area contributed by atoms with E-state index in [1.165, 1.54) is 0 Å². The van der Waals surface area contributed by atoms with Crippen LogP contribution >= 0.6 is 24.0 Å². The van der Waals surface area contributed by atoms with Crippen LogP contribution < -0.4 is 5.32 Å². The monoisotopic (exact) mass is 384 g/mol. The first-order valence-corrected chi connectivity index (χ1v) is 6.28. The number of aliphatic imine (C=N–C) groups is 1. The van der Waals surface area contributed by atoms with E-state index in [4.69, 9.17) is 0 Å². The number of benzene rings is 1. The summed E-state index contributed by atoms with van der Waals surface area (Å²) in [4.78, 5) is 6.49. The lowest BCUT2D eigenvalue weighted by molar-refractivity contribution is 0.531. The topological polar surface area (TPSA) is 58.3 Å². The normalized spacial score (nSPS) is 13.8. The highest BCUT2D eigenvalue weighted by Crippen LogP contribution is 2.08. The van der Waals surface area contributed by atoms with E-state index in [0.29, 0.717) is 6.54 Å². The first kappa shape index (κ1) is 14.8. The van der Waals surface area contributed by atoms with Crippen molar-refractivity contribution in [2.45, 2.75) is 6.54 Å². The van der Waals surface area contributed by atoms with Crippen molar-refractivity contribution < 1.29 is 0 Å². The van der Waals surface area contributed by atoms with E-state index in [2.05, 4.69) is 25.4 Å². The van der Waals surface area contributed by atoms with Gasteiger partial charge in [0.05, 0.1) is 13.1 Å². The van der Waals surface area contributed by atoms with Crippen molar-refractivity contribution in [3.8, 4) is 5.69 Å². The van der Waals surface area contributed by atoms with E-state index in [0.717, 1.165) is 30.6 Å². The Balaban J connectivity index is 0.00000147. The van der Waals surface area contributed by atoms with Crippen LogP contribution in [0.25, 0.3) is 5.69 Å². The molecular weight excluding hydrogens is 367 g/mol. The maximum Gasteiger partial charge on any atom is 0.194 e. The molecule has 0 fully saturated rings. The maximum absolute atomic E-state index is 4.39. The minimum Gasteiger partial charge on any atom is -0.349 e. The van der Waals surface area contributed by atoms with E-state index < -0.39 is 0 Å². The Bertz CT molecular complexity index is 580. The van der Waals surface area contributed by atoms with E-state index in [-0.39, 0.29) is 24.0 Å². The van der Waals surface area contributed by atoms with Gasteiger partial charge in [0, 0.05) is 19.3 Å². The molecule has 2 heterocycles. The van der Waals surface area contributed by atoms with Gasteiger partial charge < -0.3 is 10.2 Å². The third-order valence-electron chi connectivity index (χ3n) is 3.12. The molecule has 1 aliphatic rings. The van der Waals surface area contributed by atoms with Gasteiger partial charge in [0.2, 0.25) is 0 Å². The predicted octanol–water partition coefficient (Wildman–Crippen LogP) is 1.28. The second kappa shape index (κ2) is 6.69. The first-order valence-electron chi connectivity index (χ1n) is 6.28. The van der Waals surface area contributed by atoms with Crippen molar-refractivity contribution >= 4 is 29.9 Å². The highest BCUT2D eigenvalue weighted by Gasteiger charge is 2.13. The number of rotatable bonds is 3. The number of likely N-dealkylation sites (N-methyl/N-ethyl adjacent to an activating group) is 1. The molecule has 7 heteroatoms. The summed E-state index contributed by atoms with van der Waals surface area (Å²) in [5.74, 6) is 1.79. The molecule has 1 N–H and O–H groups in total. The Morgan fingerprint density at radius 3 is 2.75 bits per heavy atom. The summed E-state index contributed by atoms with van der Waals surface area (Å²) in [6.45, 7) is 2.43. The molecule has 0 spiro atoms. The average molecular weight is 384 g/mol. The van der Waals surface area contributed by atoms with Crippen LogP contribution in [0.5, 0.6) is 0 Å². The van der Waals surface area contributed by atoms with Gasteiger partial charge in [0.15, 0.2) is 11.8 Å². The molecule has 20 heavy (non-hydrogen) atoms. The highest BCUT2D eigenvalue weighted by molar-refractivity contribution is 14.0. The summed E-state index contributed by atoms with van der Waals surface area (Å²) in [5.41, 5.74) is 1.06. The lowest BCUT2D eigenvalue weighted by Crippen LogP contribution is -2.35. The second-order valence-corrected chi connectivity index (χ2v) is 4.43. The fourth-order valence-electron chi connectivity index (χ4n) is 2.07. The fraction of sp³-hybridized carbons (Fsp3) is 0.308. The van der Waals surface area contributed by atoms with Crippen molar-refractivity contribution in [3.63, 3.8) is 0 Å². The molecule has 1 aromatic heterocycles. The van der Waals surface area contributed by atoms with Crippen LogP contribution in [-0.2, 0) is 6.54 Å². The van der Waals surface area contributed by atoms with Crippen molar-refractivity contribution in [1.29, 1.82) is 0 Å². The minimum absolute atomic E-state index is 0. The molecule has 1 aliphatic heterocycles. The molecule has 0 unspecified atom stereocenters. The number of nitrogens with one attached hydrogen (secondary N) is 1. The predicted molar refractivity (Wildman–Crippen MR) is 88.5 cm³/mol. The van der Waals surface area contributed by atoms with Gasteiger partial charge in [-0.1, -0.05) is 18.2 Å². The van der Waals surface area contributed by atoms with Gasteiger partial charge >= 0.3 is 0 Å². The van der Waals surface area contributed by atoms with E-state index in [9.17, 15) is 0 Å². The minimum atomic E-state index is 0. The van der Waals surface area contributed by atoms with Gasteiger partial charge in [-0.15, -0.1) is 34.2 Å². The second-order valence-electron chi connectivity index (χ2n) is 4.43. The maximum atomic E-state index is 4.39. The van der Waals surface area contributed by atoms with Crippen LogP contribution in [0.3, 0.4) is 0 Å². The van der Waals surface area contributed by atoms with Gasteiger partial charge in [-0.05, 0) is 12.1 Å². The number of hydrogen-bond acceptors (Lipinski definition) is 5. The van der Waals surface area contributed by atoms with Gasteiger partial charge in [0.1, 0.15) is 6.33 Å². The molecule has 0 radical (unpaired) electrons. The molecule has 0 amide bonds. The molecule has 3 rings (SSSR count). The van der Waals surface area contributed by atoms with Gasteiger partial charge in [-0.25, -0.2) is 0 Å². The summed E-state index contributed by atoms with van der Waals surface area (Å²) in [5, 5.41) is 11.4. The van der Waals surface area contributed by atoms with Crippen LogP contribution in [0.2, 0.25) is 0 Å². The molecule has 0 saturated heterocycles. The van der Waals surface area contributed by atoms with Crippen LogP contribution in [0, 0.1) is 0 Å². The average Bonchev–Trinajstić information content (AvgIpc) is 3.06. The number of aromatic nitrogens is 3. The Hall–Kier alpha value is -1.64. The number of para-hydroxylation sites is 1. The Morgan fingerprint density at radius 2 is 2.05 bits per heavy atom. The van der Waals surface area contributed by atoms with Crippen molar-refractivity contribution in [2.24, 2.45) is 4.99 Å². The zero-order chi connectivity index (χ0) is 13.1. The largest absolute Gasteiger partial charge is 0.349 e. The van der Waals surface area contributed by atoms with Gasteiger partial charge in [-0.3, -0.25) is 9.56 Å². The van der Waals surface area contributed by atoms with E-state index >= 15 is 0 Å². The quantitative estimate of drug-likeness (QED) is 0.811. The smallest absolute Gasteiger partial charge is 0.194 e. The van der Waals surface area contributed by atoms with Crippen molar-refractivity contribution in [1.82, 2.24) is 25.0 Å². The molecule has 0 atom stereocenters. The lowest BCUT2D eigenvalue weighted by atomic mass is 10.3. The summed E-state index contributed by atoms with van der Waals surface area (Å²) in [6, 6.07) is 10.1. The molecule has 0 aliphatic carbocycles. The van der Waals surface area contributed by atoms with Crippen LogP contribution in [0.1, 0.15) is 5.82 Å². The van der Waals surface area contributed by atoms with Crippen LogP contribution in [-0.4, -0.2) is 45.8 Å². The van der Waals surface area contributed by atoms with Crippen molar-refractivity contribution in [3.05, 3.63) is 42.5 Å². The molecule has 0 bridgehead atoms. The third-order valence-corrected chi connectivity index (χ3v) is 3.12. The lowest BCUT2D eigenvalue weighted by Gasteiger charge is -2.15. The molecule has 106 valence electrons. The van der Waals surface area contributed by atoms with Crippen LogP contribution in [0.15, 0.2) is 41.7 Å². The summed E-state index contributed by atoms with van der Waals surface area (Å²) in [6.07, 6.45) is 1.73. The number of hydrogen-bond donors (Lipinski definition) is 1. The highest BCUT2D eigenvalue weighted by atomic mass is 127. The van der Waals surface area contributed by atoms with Crippen LogP contribution in [0.4, 0.5) is 0 Å². The van der Waals surface area contributed by atoms with E-state index in [1.807, 2.05) is 41.9 Å². The summed E-state index contributed by atoms with van der Waals surface area (Å²) >= 11 is 0. The van der Waals surface area contributed by atoms with E-state index in [1.54, 1.807) is 6.33 Å². The number of nitrogens with zero attached hydrogens (tertiary/aromatic N) is 5. The molecule has 1 aromatic carbocycles. The molecule has 2 aromatic rings. The Labute approximate surface area is 134 Å². The third kappa shape index (κ3) is 3.09. The standard InChI is InChI=1S/C13H16N6.HI/c1-18-8-7-14-13(18)15-9-12-17-16-10-19(12)11-5-3-2-4-6-11;/h2-6,10H,7-9H2,1H3,(H,14,15);1H. The first-order chi connectivity index (χ1) is 9.34. The van der Waals surface area contributed by atoms with Gasteiger partial charge in [0.25, 0.3) is 0 Å². The Morgan fingerprint density at radius 1 is 1.25 bits per heavy atom. The molecule has 0 saturated carbocycles. The zero-order valence-corrected chi connectivity index (χ0v) is 13.6. The SMILES string of the molecule is CN1CCN=C1NCc1nncn1-c1ccccc1.I. The fourth-order valence-corrected chi connectivity index (χ4v) is 2.07. The number of halogens is 1. The Kier molecular flexibility index (Phi) is 4.94. The summed E-state index contributed by atoms with van der Waals surface area (Å²) < 4.78 is 1.97. The molecule has 6 nitrogen and oxygen atoms in total. The van der Waals surface area contributed by atoms with Crippen molar-refractivity contribution in [2.75, 3.05) is 20.1 Å².